The number of aromatic nitrogens is 1. The molecular weight excluding hydrogens is 226 g/mol. The average Bonchev–Trinajstić information content (AvgIpc) is 2.90. The number of nitrogens with zero attached hydrogens (tertiary/aromatic N) is 1. The second-order valence-electron chi connectivity index (χ2n) is 4.50. The fourth-order valence-electron chi connectivity index (χ4n) is 2.75. The van der Waals surface area contributed by atoms with E-state index in [9.17, 15) is 4.79 Å². The maximum absolute atomic E-state index is 12.2. The molecule has 0 bridgehead atoms. The lowest BCUT2D eigenvalue weighted by atomic mass is 10.1. The number of rotatable bonds is 1. The summed E-state index contributed by atoms with van der Waals surface area (Å²) in [5, 5.41) is 3.92. The Morgan fingerprint density at radius 1 is 1.50 bits per heavy atom. The third-order valence-electron chi connectivity index (χ3n) is 3.58. The van der Waals surface area contributed by atoms with Gasteiger partial charge < -0.3 is 15.2 Å². The van der Waals surface area contributed by atoms with E-state index < -0.39 is 0 Å². The summed E-state index contributed by atoms with van der Waals surface area (Å²) in [4.78, 5) is 17.1. The number of aromatic amines is 1. The average molecular weight is 240 g/mol. The molecule has 2 fully saturated rings. The van der Waals surface area contributed by atoms with Crippen molar-refractivity contribution in [1.29, 1.82) is 0 Å². The first kappa shape index (κ1) is 10.2. The molecule has 4 nitrogen and oxygen atoms in total. The van der Waals surface area contributed by atoms with Gasteiger partial charge in [0, 0.05) is 31.9 Å². The van der Waals surface area contributed by atoms with Crippen molar-refractivity contribution < 1.29 is 4.79 Å². The number of hydrogen-bond acceptors (Lipinski definition) is 2. The largest absolute Gasteiger partial charge is 0.356 e. The van der Waals surface area contributed by atoms with Gasteiger partial charge in [0.15, 0.2) is 0 Å². The van der Waals surface area contributed by atoms with Crippen LogP contribution in [0.3, 0.4) is 0 Å². The lowest BCUT2D eigenvalue weighted by Gasteiger charge is -2.22. The fraction of sp³-hybridized carbons (Fsp3) is 0.545. The van der Waals surface area contributed by atoms with Gasteiger partial charge >= 0.3 is 0 Å². The number of amides is 1. The molecular formula is C11H14ClN3O. The molecule has 2 aliphatic rings. The van der Waals surface area contributed by atoms with E-state index in [1.54, 1.807) is 12.3 Å². The maximum atomic E-state index is 12.2. The van der Waals surface area contributed by atoms with E-state index in [-0.39, 0.29) is 5.91 Å². The van der Waals surface area contributed by atoms with Crippen LogP contribution in [0.5, 0.6) is 0 Å². The van der Waals surface area contributed by atoms with Gasteiger partial charge in [-0.3, -0.25) is 4.79 Å². The van der Waals surface area contributed by atoms with Gasteiger partial charge in [-0.05, 0) is 18.4 Å². The Morgan fingerprint density at radius 2 is 2.38 bits per heavy atom. The number of hydrogen-bond donors (Lipinski definition) is 2. The van der Waals surface area contributed by atoms with Gasteiger partial charge in [0.05, 0.1) is 5.02 Å². The van der Waals surface area contributed by atoms with E-state index >= 15 is 0 Å². The van der Waals surface area contributed by atoms with Crippen molar-refractivity contribution in [3.05, 3.63) is 23.0 Å². The highest BCUT2D eigenvalue weighted by molar-refractivity contribution is 6.30. The third-order valence-corrected chi connectivity index (χ3v) is 3.80. The van der Waals surface area contributed by atoms with Crippen LogP contribution in [0.2, 0.25) is 5.02 Å². The van der Waals surface area contributed by atoms with Gasteiger partial charge in [-0.1, -0.05) is 11.6 Å². The van der Waals surface area contributed by atoms with Crippen molar-refractivity contribution in [2.45, 2.75) is 12.5 Å². The van der Waals surface area contributed by atoms with Crippen molar-refractivity contribution in [1.82, 2.24) is 15.2 Å². The Bertz CT molecular complexity index is 417. The van der Waals surface area contributed by atoms with Crippen LogP contribution in [0.25, 0.3) is 0 Å². The van der Waals surface area contributed by atoms with Gasteiger partial charge in [-0.15, -0.1) is 0 Å². The van der Waals surface area contributed by atoms with E-state index in [2.05, 4.69) is 10.3 Å². The van der Waals surface area contributed by atoms with Gasteiger partial charge in [0.1, 0.15) is 5.69 Å². The van der Waals surface area contributed by atoms with Crippen LogP contribution in [0.4, 0.5) is 0 Å². The highest BCUT2D eigenvalue weighted by Crippen LogP contribution is 2.28. The molecule has 3 rings (SSSR count). The van der Waals surface area contributed by atoms with Crippen molar-refractivity contribution in [2.24, 2.45) is 5.92 Å². The van der Waals surface area contributed by atoms with Gasteiger partial charge in [-0.25, -0.2) is 0 Å². The SMILES string of the molecule is O=C(c1cc(Cl)c[nH]1)N1CC[C@H]2CNC[C@H]21. The molecule has 0 saturated carbocycles. The second kappa shape index (κ2) is 3.79. The van der Waals surface area contributed by atoms with Crippen molar-refractivity contribution in [2.75, 3.05) is 19.6 Å². The summed E-state index contributed by atoms with van der Waals surface area (Å²) in [6.07, 6.45) is 2.76. The van der Waals surface area contributed by atoms with Crippen molar-refractivity contribution in [3.63, 3.8) is 0 Å². The summed E-state index contributed by atoms with van der Waals surface area (Å²) in [5.74, 6) is 0.706. The van der Waals surface area contributed by atoms with Gasteiger partial charge in [0.25, 0.3) is 5.91 Å². The molecule has 2 saturated heterocycles. The molecule has 2 N–H and O–H groups in total. The molecule has 2 atom stereocenters. The van der Waals surface area contributed by atoms with E-state index in [1.165, 1.54) is 0 Å². The first-order valence-electron chi connectivity index (χ1n) is 5.61. The Morgan fingerprint density at radius 3 is 3.12 bits per heavy atom. The number of nitrogens with one attached hydrogen (secondary N) is 2. The molecule has 0 unspecified atom stereocenters. The standard InChI is InChI=1S/C11H14ClN3O/c12-8-3-9(14-5-8)11(16)15-2-1-7-4-13-6-10(7)15/h3,5,7,10,13-14H,1-2,4,6H2/t7-,10+/m0/s1. The summed E-state index contributed by atoms with van der Waals surface area (Å²) >= 11 is 5.81. The summed E-state index contributed by atoms with van der Waals surface area (Å²) in [7, 11) is 0. The highest BCUT2D eigenvalue weighted by Gasteiger charge is 2.40. The number of likely N-dealkylation sites (tertiary alicyclic amines) is 1. The van der Waals surface area contributed by atoms with Crippen LogP contribution in [-0.4, -0.2) is 41.5 Å². The molecule has 5 heteroatoms. The molecule has 0 aromatic carbocycles. The minimum atomic E-state index is 0.0723. The zero-order valence-corrected chi connectivity index (χ0v) is 9.63. The van der Waals surface area contributed by atoms with E-state index in [0.717, 1.165) is 26.1 Å². The molecule has 0 radical (unpaired) electrons. The normalized spacial score (nSPS) is 28.4. The minimum absolute atomic E-state index is 0.0723. The molecule has 0 aliphatic carbocycles. The molecule has 86 valence electrons. The zero-order valence-electron chi connectivity index (χ0n) is 8.87. The number of carbonyl (C=O) groups is 1. The van der Waals surface area contributed by atoms with E-state index in [1.807, 2.05) is 4.90 Å². The molecule has 1 aromatic heterocycles. The summed E-state index contributed by atoms with van der Waals surface area (Å²) < 4.78 is 0. The Kier molecular flexibility index (Phi) is 2.41. The molecule has 3 heterocycles. The molecule has 2 aliphatic heterocycles. The Balaban J connectivity index is 1.80. The second-order valence-corrected chi connectivity index (χ2v) is 4.94. The highest BCUT2D eigenvalue weighted by atomic mass is 35.5. The maximum Gasteiger partial charge on any atom is 0.270 e. The Hall–Kier alpha value is -1.00. The van der Waals surface area contributed by atoms with Crippen LogP contribution in [-0.2, 0) is 0 Å². The molecule has 16 heavy (non-hydrogen) atoms. The summed E-state index contributed by atoms with van der Waals surface area (Å²) in [6, 6.07) is 2.06. The number of fused-ring (bicyclic) bond motifs is 1. The van der Waals surface area contributed by atoms with Crippen molar-refractivity contribution >= 4 is 17.5 Å². The first-order valence-corrected chi connectivity index (χ1v) is 5.99. The summed E-state index contributed by atoms with van der Waals surface area (Å²) in [5.41, 5.74) is 0.595. The lowest BCUT2D eigenvalue weighted by Crippen LogP contribution is -2.39. The monoisotopic (exact) mass is 239 g/mol. The van der Waals surface area contributed by atoms with E-state index in [4.69, 9.17) is 11.6 Å². The number of halogens is 1. The smallest absolute Gasteiger partial charge is 0.270 e. The number of carbonyl (C=O) groups excluding carboxylic acids is 1. The quantitative estimate of drug-likeness (QED) is 0.771. The molecule has 0 spiro atoms. The van der Waals surface area contributed by atoms with Gasteiger partial charge in [-0.2, -0.15) is 0 Å². The van der Waals surface area contributed by atoms with E-state index in [0.29, 0.717) is 22.7 Å². The Labute approximate surface area is 99.0 Å². The minimum Gasteiger partial charge on any atom is -0.356 e. The predicted molar refractivity (Wildman–Crippen MR) is 61.6 cm³/mol. The number of H-pyrrole nitrogens is 1. The predicted octanol–water partition coefficient (Wildman–Crippen LogP) is 1.10. The summed E-state index contributed by atoms with van der Waals surface area (Å²) in [6.45, 7) is 2.83. The lowest BCUT2D eigenvalue weighted by molar-refractivity contribution is 0.0732. The first-order chi connectivity index (χ1) is 7.75. The van der Waals surface area contributed by atoms with Crippen LogP contribution in [0, 0.1) is 5.92 Å². The topological polar surface area (TPSA) is 48.1 Å². The van der Waals surface area contributed by atoms with Crippen LogP contribution in [0.15, 0.2) is 12.3 Å². The molecule has 1 amide bonds. The van der Waals surface area contributed by atoms with Crippen LogP contribution in [0.1, 0.15) is 16.9 Å². The molecule has 1 aromatic rings. The van der Waals surface area contributed by atoms with Crippen LogP contribution >= 0.6 is 11.6 Å². The van der Waals surface area contributed by atoms with Crippen LogP contribution < -0.4 is 5.32 Å². The fourth-order valence-corrected chi connectivity index (χ4v) is 2.91. The zero-order chi connectivity index (χ0) is 11.1. The third kappa shape index (κ3) is 1.53. The van der Waals surface area contributed by atoms with Crippen molar-refractivity contribution in [3.8, 4) is 0 Å². The van der Waals surface area contributed by atoms with Gasteiger partial charge in [0.2, 0.25) is 0 Å².